The van der Waals surface area contributed by atoms with Crippen LogP contribution in [-0.2, 0) is 23.8 Å². The molecule has 0 spiro atoms. The van der Waals surface area contributed by atoms with Gasteiger partial charge in [-0.2, -0.15) is 0 Å². The third kappa shape index (κ3) is 51.6. The monoisotopic (exact) mass is 1250 g/mol. The van der Waals surface area contributed by atoms with Gasteiger partial charge in [-0.3, -0.25) is 9.59 Å². The smallest absolute Gasteiger partial charge is 0.306 e. The summed E-state index contributed by atoms with van der Waals surface area (Å²) in [5, 5.41) is 57.4. The molecule has 0 aromatic heterocycles. The van der Waals surface area contributed by atoms with Gasteiger partial charge in [0.15, 0.2) is 12.4 Å². The van der Waals surface area contributed by atoms with Crippen molar-refractivity contribution in [3.05, 3.63) is 24.3 Å². The molecule has 0 aromatic carbocycles. The number of aliphatic hydroxyl groups excluding tert-OH is 5. The van der Waals surface area contributed by atoms with Gasteiger partial charge in [-0.05, 0) is 51.4 Å². The number of carbonyl (C=O) groups is 2. The molecule has 1 aliphatic heterocycles. The molecular weight excluding hydrogens is 1100 g/mol. The molecule has 0 saturated carbocycles. The van der Waals surface area contributed by atoms with Crippen LogP contribution in [0.15, 0.2) is 24.3 Å². The van der Waals surface area contributed by atoms with Crippen LogP contribution < -0.4 is 5.32 Å². The van der Waals surface area contributed by atoms with E-state index in [4.69, 9.17) is 14.2 Å². The van der Waals surface area contributed by atoms with Crippen molar-refractivity contribution >= 4 is 11.9 Å². The molecule has 6 N–H and O–H groups in total. The van der Waals surface area contributed by atoms with Gasteiger partial charge in [-0.25, -0.2) is 0 Å². The van der Waals surface area contributed by atoms with Crippen LogP contribution in [0.4, 0.5) is 0 Å². The van der Waals surface area contributed by atoms with Gasteiger partial charge in [0.25, 0.3) is 0 Å². The lowest BCUT2D eigenvalue weighted by Gasteiger charge is -2.41. The van der Waals surface area contributed by atoms with E-state index in [1.807, 2.05) is 6.08 Å². The molecule has 1 rings (SSSR count). The summed E-state index contributed by atoms with van der Waals surface area (Å²) in [4.78, 5) is 26.7. The Kier molecular flexibility index (Phi) is 62.4. The Hall–Kier alpha value is -1.86. The van der Waals surface area contributed by atoms with Gasteiger partial charge in [0, 0.05) is 6.42 Å². The maximum atomic E-state index is 13.5. The molecule has 11 nitrogen and oxygen atoms in total. The zero-order valence-electron chi connectivity index (χ0n) is 58.1. The highest BCUT2D eigenvalue weighted by atomic mass is 16.7. The number of rotatable bonds is 68. The predicted molar refractivity (Wildman–Crippen MR) is 371 cm³/mol. The number of allylic oxidation sites excluding steroid dienone is 3. The number of unbranched alkanes of at least 4 members (excludes halogenated alkanes) is 52. The number of aliphatic hydroxyl groups is 5. The minimum Gasteiger partial charge on any atom is -0.454 e. The van der Waals surface area contributed by atoms with E-state index >= 15 is 0 Å². The van der Waals surface area contributed by atoms with Crippen LogP contribution in [0.1, 0.15) is 393 Å². The Labute approximate surface area is 543 Å². The second-order valence-electron chi connectivity index (χ2n) is 27.1. The Bertz CT molecular complexity index is 1530. The molecule has 520 valence electrons. The van der Waals surface area contributed by atoms with E-state index < -0.39 is 67.4 Å². The van der Waals surface area contributed by atoms with Gasteiger partial charge in [0.2, 0.25) is 5.91 Å². The van der Waals surface area contributed by atoms with Gasteiger partial charge in [0.05, 0.1) is 25.4 Å². The quantitative estimate of drug-likeness (QED) is 0.0195. The maximum Gasteiger partial charge on any atom is 0.306 e. The molecule has 1 fully saturated rings. The highest BCUT2D eigenvalue weighted by Gasteiger charge is 2.47. The highest BCUT2D eigenvalue weighted by molar-refractivity contribution is 5.80. The van der Waals surface area contributed by atoms with Crippen molar-refractivity contribution in [3.8, 4) is 0 Å². The van der Waals surface area contributed by atoms with Crippen LogP contribution in [0.25, 0.3) is 0 Å². The molecule has 0 bridgehead atoms. The summed E-state index contributed by atoms with van der Waals surface area (Å²) in [6.45, 7) is 5.86. The number of amides is 1. The molecular formula is C77H147NO10. The second kappa shape index (κ2) is 65.2. The number of esters is 1. The first-order valence-corrected chi connectivity index (χ1v) is 38.6. The fourth-order valence-corrected chi connectivity index (χ4v) is 12.5. The van der Waals surface area contributed by atoms with Crippen molar-refractivity contribution in [2.24, 2.45) is 0 Å². The molecule has 1 saturated heterocycles. The largest absolute Gasteiger partial charge is 0.454 e. The van der Waals surface area contributed by atoms with Crippen LogP contribution >= 0.6 is 0 Å². The summed E-state index contributed by atoms with van der Waals surface area (Å²) < 4.78 is 17.7. The Morgan fingerprint density at radius 2 is 0.750 bits per heavy atom. The van der Waals surface area contributed by atoms with Crippen LogP contribution in [0.5, 0.6) is 0 Å². The molecule has 88 heavy (non-hydrogen) atoms. The van der Waals surface area contributed by atoms with Crippen LogP contribution in [0, 0.1) is 0 Å². The van der Waals surface area contributed by atoms with Gasteiger partial charge in [-0.15, -0.1) is 0 Å². The minimum absolute atomic E-state index is 0.130. The topological polar surface area (TPSA) is 175 Å². The lowest BCUT2D eigenvalue weighted by Crippen LogP contribution is -2.61. The third-order valence-electron chi connectivity index (χ3n) is 18.6. The highest BCUT2D eigenvalue weighted by Crippen LogP contribution is 2.27. The van der Waals surface area contributed by atoms with Gasteiger partial charge in [0.1, 0.15) is 24.4 Å². The SMILES string of the molecule is CCCCCCCC/C=C/CCCCCCCCCCCCCCCCCCCC(=O)OC1C(OCC(NC(=O)C(O)CCCCCCCCCCCCCCCCCCCCCC)C(O)/C=C/CCCCCCCCCCCC)OC(CO)C(O)C1O. The van der Waals surface area contributed by atoms with Crippen LogP contribution in [-0.4, -0.2) is 99.6 Å². The first-order valence-electron chi connectivity index (χ1n) is 38.6. The lowest BCUT2D eigenvalue weighted by molar-refractivity contribution is -0.305. The average molecular weight is 1250 g/mol. The van der Waals surface area contributed by atoms with Crippen LogP contribution in [0.2, 0.25) is 0 Å². The molecule has 1 heterocycles. The molecule has 1 amide bonds. The molecule has 8 unspecified atom stereocenters. The zero-order chi connectivity index (χ0) is 63.9. The second-order valence-corrected chi connectivity index (χ2v) is 27.1. The Balaban J connectivity index is 2.49. The van der Waals surface area contributed by atoms with Gasteiger partial charge >= 0.3 is 5.97 Å². The van der Waals surface area contributed by atoms with E-state index in [1.54, 1.807) is 6.08 Å². The third-order valence-corrected chi connectivity index (χ3v) is 18.6. The summed E-state index contributed by atoms with van der Waals surface area (Å²) in [7, 11) is 0. The number of hydrogen-bond donors (Lipinski definition) is 6. The van der Waals surface area contributed by atoms with Crippen molar-refractivity contribution in [3.63, 3.8) is 0 Å². The molecule has 0 aliphatic carbocycles. The minimum atomic E-state index is -1.61. The van der Waals surface area contributed by atoms with Crippen molar-refractivity contribution < 1.29 is 49.3 Å². The summed E-state index contributed by atoms with van der Waals surface area (Å²) in [5.41, 5.74) is 0. The standard InChI is InChI=1S/C77H147NO10/c1-4-7-10-13-16-19-22-25-27-29-31-33-34-35-36-37-38-39-41-43-45-47-50-53-56-59-62-65-72(82)88-75-74(84)73(83)71(66-79)87-77(75)86-67-68(69(80)63-60-57-54-51-48-24-21-18-15-12-9-6-3)78-76(85)70(81)64-61-58-55-52-49-46-44-42-40-32-30-28-26-23-20-17-14-11-8-5-2/h25,27,60,63,68-71,73-75,77,79-81,83-84H,4-24,26,28-59,61-62,64-67H2,1-3H3,(H,78,85)/b27-25+,63-60+. The van der Waals surface area contributed by atoms with Crippen molar-refractivity contribution in [1.82, 2.24) is 5.32 Å². The van der Waals surface area contributed by atoms with E-state index in [0.717, 1.165) is 57.8 Å². The fraction of sp³-hybridized carbons (Fsp3) is 0.922. The maximum absolute atomic E-state index is 13.5. The summed E-state index contributed by atoms with van der Waals surface area (Å²) >= 11 is 0. The summed E-state index contributed by atoms with van der Waals surface area (Å²) in [5.74, 6) is -1.17. The first-order chi connectivity index (χ1) is 43.2. The van der Waals surface area contributed by atoms with E-state index in [-0.39, 0.29) is 13.0 Å². The summed E-state index contributed by atoms with van der Waals surface area (Å²) in [6, 6.07) is -1.02. The number of hydrogen-bond acceptors (Lipinski definition) is 10. The Morgan fingerprint density at radius 1 is 0.432 bits per heavy atom. The predicted octanol–water partition coefficient (Wildman–Crippen LogP) is 20.4. The lowest BCUT2D eigenvalue weighted by atomic mass is 9.99. The van der Waals surface area contributed by atoms with E-state index in [2.05, 4.69) is 38.2 Å². The summed E-state index contributed by atoms with van der Waals surface area (Å²) in [6.07, 6.45) is 69.5. The number of nitrogens with one attached hydrogen (secondary N) is 1. The normalized spacial score (nSPS) is 18.2. The van der Waals surface area contributed by atoms with Gasteiger partial charge in [-0.1, -0.05) is 360 Å². The molecule has 1 aliphatic rings. The molecule has 11 heteroatoms. The number of ether oxygens (including phenoxy) is 3. The zero-order valence-corrected chi connectivity index (χ0v) is 58.1. The fourth-order valence-electron chi connectivity index (χ4n) is 12.5. The first kappa shape index (κ1) is 84.2. The number of carbonyl (C=O) groups excluding carboxylic acids is 2. The van der Waals surface area contributed by atoms with E-state index in [0.29, 0.717) is 19.3 Å². The van der Waals surface area contributed by atoms with Crippen molar-refractivity contribution in [1.29, 1.82) is 0 Å². The molecule has 0 radical (unpaired) electrons. The average Bonchev–Trinajstić information content (AvgIpc) is 1.29. The van der Waals surface area contributed by atoms with Crippen molar-refractivity contribution in [2.45, 2.75) is 442 Å². The van der Waals surface area contributed by atoms with Crippen molar-refractivity contribution in [2.75, 3.05) is 13.2 Å². The van der Waals surface area contributed by atoms with E-state index in [9.17, 15) is 35.1 Å². The Morgan fingerprint density at radius 3 is 1.10 bits per heavy atom. The van der Waals surface area contributed by atoms with Crippen LogP contribution in [0.3, 0.4) is 0 Å². The molecule has 8 atom stereocenters. The van der Waals surface area contributed by atoms with Gasteiger partial charge < -0.3 is 45.1 Å². The van der Waals surface area contributed by atoms with E-state index in [1.165, 1.54) is 289 Å². The molecule has 0 aromatic rings.